The van der Waals surface area contributed by atoms with E-state index in [1.54, 1.807) is 22.7 Å². The van der Waals surface area contributed by atoms with Gasteiger partial charge in [-0.15, -0.1) is 34.0 Å². The smallest absolute Gasteiger partial charge is 0.0701 e. The van der Waals surface area contributed by atoms with Crippen LogP contribution in [0.15, 0.2) is 80.4 Å². The van der Waals surface area contributed by atoms with E-state index >= 15 is 0 Å². The van der Waals surface area contributed by atoms with Gasteiger partial charge in [-0.3, -0.25) is 0 Å². The van der Waals surface area contributed by atoms with E-state index in [4.69, 9.17) is 0 Å². The van der Waals surface area contributed by atoms with Crippen LogP contribution in [0.4, 0.5) is 0 Å². The first-order valence-electron chi connectivity index (χ1n) is 10.6. The maximum absolute atomic E-state index is 3.38. The summed E-state index contributed by atoms with van der Waals surface area (Å²) in [6.07, 6.45) is 0. The summed E-state index contributed by atoms with van der Waals surface area (Å²) in [5, 5.41) is 3.43. The van der Waals surface area contributed by atoms with Crippen molar-refractivity contribution in [3.63, 3.8) is 0 Å². The molecule has 33 heavy (non-hydrogen) atoms. The molecule has 0 unspecified atom stereocenters. The number of rotatable bonds is 0. The van der Waals surface area contributed by atoms with Crippen molar-refractivity contribution in [1.82, 2.24) is 0 Å². The highest BCUT2D eigenvalue weighted by molar-refractivity contribution is 9.11. The molecule has 2 aromatic carbocycles. The zero-order valence-corrected chi connectivity index (χ0v) is 25.5. The van der Waals surface area contributed by atoms with E-state index in [0.717, 1.165) is 0 Å². The van der Waals surface area contributed by atoms with E-state index in [1.165, 1.54) is 49.7 Å². The summed E-state index contributed by atoms with van der Waals surface area (Å²) in [5.41, 5.74) is 4.11. The predicted molar refractivity (Wildman–Crippen MR) is 161 cm³/mol. The van der Waals surface area contributed by atoms with Crippen molar-refractivity contribution in [3.05, 3.63) is 112 Å². The minimum Gasteiger partial charge on any atom is -0.148 e. The predicted octanol–water partition coefficient (Wildman–Crippen LogP) is 11.5. The van der Waals surface area contributed by atoms with E-state index in [-0.39, 0.29) is 0 Å². The summed E-state index contributed by atoms with van der Waals surface area (Å²) in [7, 11) is 0. The Bertz CT molecular complexity index is 1200. The zero-order valence-electron chi connectivity index (χ0n) is 19.9. The third kappa shape index (κ3) is 10.3. The van der Waals surface area contributed by atoms with Crippen molar-refractivity contribution in [3.8, 4) is 0 Å². The van der Waals surface area contributed by atoms with Crippen LogP contribution in [0, 0.1) is 41.5 Å². The Hall–Kier alpha value is -1.24. The molecule has 5 aromatic rings. The number of fused-ring (bicyclic) bond motifs is 1. The first kappa shape index (κ1) is 28.0. The van der Waals surface area contributed by atoms with Crippen molar-refractivity contribution in [1.29, 1.82) is 0 Å². The molecule has 174 valence electrons. The standard InChI is InChI=1S/C9H8S.C9H12.2C5H5BrS/c1-7-6-8-4-2-3-5-9(8)10-7;1-7-4-5-8(2)9(3)6-7;1-4-5(6)2-3-7-4;1-4-2-3-5(6)7-4/h2-6H,1H3;4-6H,1-3H3;2*2-3H,1H3. The molecule has 0 aliphatic heterocycles. The Labute approximate surface area is 227 Å². The normalized spacial score (nSPS) is 9.82. The van der Waals surface area contributed by atoms with Crippen LogP contribution in [0.2, 0.25) is 0 Å². The van der Waals surface area contributed by atoms with Crippen LogP contribution in [-0.4, -0.2) is 0 Å². The Balaban J connectivity index is 0.000000158. The first-order chi connectivity index (χ1) is 15.7. The molecule has 3 aromatic heterocycles. The minimum absolute atomic E-state index is 1.21. The molecule has 3 heterocycles. The Kier molecular flexibility index (Phi) is 12.1. The molecule has 0 bridgehead atoms. The lowest BCUT2D eigenvalue weighted by Gasteiger charge is -1.98. The highest BCUT2D eigenvalue weighted by Gasteiger charge is 1.94. The van der Waals surface area contributed by atoms with Gasteiger partial charge in [-0.05, 0) is 126 Å². The lowest BCUT2D eigenvalue weighted by atomic mass is 10.1. The summed E-state index contributed by atoms with van der Waals surface area (Å²) in [6, 6.07) is 23.4. The molecule has 5 heteroatoms. The molecule has 0 nitrogen and oxygen atoms in total. The van der Waals surface area contributed by atoms with E-state index in [0.29, 0.717) is 0 Å². The fourth-order valence-corrected chi connectivity index (χ4v) is 6.36. The van der Waals surface area contributed by atoms with Crippen molar-refractivity contribution >= 4 is 76.0 Å². The van der Waals surface area contributed by atoms with Gasteiger partial charge in [-0.1, -0.05) is 42.0 Å². The van der Waals surface area contributed by atoms with Gasteiger partial charge in [0, 0.05) is 23.8 Å². The number of aryl methyl sites for hydroxylation is 6. The molecule has 0 atom stereocenters. The summed E-state index contributed by atoms with van der Waals surface area (Å²) < 4.78 is 3.82. The van der Waals surface area contributed by atoms with E-state index in [2.05, 4.69) is 146 Å². The second-order valence-corrected chi connectivity index (χ2v) is 13.6. The van der Waals surface area contributed by atoms with Crippen LogP contribution >= 0.6 is 65.9 Å². The van der Waals surface area contributed by atoms with Crippen LogP contribution in [0.5, 0.6) is 0 Å². The third-order valence-corrected chi connectivity index (χ3v) is 9.25. The molecule has 0 saturated carbocycles. The minimum atomic E-state index is 1.21. The molecule has 0 aliphatic rings. The number of thiophene rings is 3. The molecule has 5 rings (SSSR count). The highest BCUT2D eigenvalue weighted by atomic mass is 79.9. The maximum Gasteiger partial charge on any atom is 0.0701 e. The average Bonchev–Trinajstić information content (AvgIpc) is 3.46. The fourth-order valence-electron chi connectivity index (χ4n) is 2.78. The van der Waals surface area contributed by atoms with Crippen LogP contribution in [0.25, 0.3) is 10.1 Å². The number of halogens is 2. The summed E-state index contributed by atoms with van der Waals surface area (Å²) in [6.45, 7) is 12.7. The van der Waals surface area contributed by atoms with Gasteiger partial charge in [0.1, 0.15) is 0 Å². The molecule has 0 fully saturated rings. The van der Waals surface area contributed by atoms with Crippen LogP contribution in [-0.2, 0) is 0 Å². The summed E-state index contributed by atoms with van der Waals surface area (Å²) in [4.78, 5) is 4.09. The van der Waals surface area contributed by atoms with Gasteiger partial charge >= 0.3 is 0 Å². The second-order valence-electron chi connectivity index (χ2n) is 7.66. The summed E-state index contributed by atoms with van der Waals surface area (Å²) in [5.74, 6) is 0. The molecule has 0 N–H and O–H groups in total. The third-order valence-electron chi connectivity index (χ3n) is 4.71. The molecule has 0 radical (unpaired) electrons. The number of benzene rings is 2. The van der Waals surface area contributed by atoms with E-state index < -0.39 is 0 Å². The molecule has 0 amide bonds. The van der Waals surface area contributed by atoms with Crippen LogP contribution < -0.4 is 0 Å². The SMILES string of the molecule is Cc1cc2ccccc2s1.Cc1ccc(Br)s1.Cc1ccc(C)c(C)c1.Cc1sccc1Br. The fraction of sp³-hybridized carbons (Fsp3) is 0.214. The van der Waals surface area contributed by atoms with Gasteiger partial charge in [0.05, 0.1) is 3.79 Å². The number of hydrogen-bond acceptors (Lipinski definition) is 3. The van der Waals surface area contributed by atoms with Crippen molar-refractivity contribution in [2.75, 3.05) is 0 Å². The Morgan fingerprint density at radius 3 is 1.79 bits per heavy atom. The van der Waals surface area contributed by atoms with Crippen molar-refractivity contribution in [2.45, 2.75) is 41.5 Å². The van der Waals surface area contributed by atoms with Gasteiger partial charge in [-0.2, -0.15) is 0 Å². The van der Waals surface area contributed by atoms with Crippen LogP contribution in [0.1, 0.15) is 31.3 Å². The zero-order chi connectivity index (χ0) is 24.4. The molecule has 0 saturated heterocycles. The topological polar surface area (TPSA) is 0 Å². The van der Waals surface area contributed by atoms with Crippen molar-refractivity contribution in [2.24, 2.45) is 0 Å². The Morgan fingerprint density at radius 1 is 0.636 bits per heavy atom. The lowest BCUT2D eigenvalue weighted by molar-refractivity contribution is 1.30. The number of hydrogen-bond donors (Lipinski definition) is 0. The van der Waals surface area contributed by atoms with E-state index in [1.807, 2.05) is 11.3 Å². The van der Waals surface area contributed by atoms with Crippen molar-refractivity contribution < 1.29 is 0 Å². The van der Waals surface area contributed by atoms with Gasteiger partial charge in [0.2, 0.25) is 0 Å². The van der Waals surface area contributed by atoms with E-state index in [9.17, 15) is 0 Å². The van der Waals surface area contributed by atoms with Crippen LogP contribution in [0.3, 0.4) is 0 Å². The molecular formula is C28H30Br2S3. The largest absolute Gasteiger partial charge is 0.148 e. The van der Waals surface area contributed by atoms with Gasteiger partial charge in [-0.25, -0.2) is 0 Å². The average molecular weight is 623 g/mol. The lowest BCUT2D eigenvalue weighted by Crippen LogP contribution is -1.79. The molecule has 0 aliphatic carbocycles. The highest BCUT2D eigenvalue weighted by Crippen LogP contribution is 2.24. The maximum atomic E-state index is 3.38. The molecular weight excluding hydrogens is 592 g/mol. The van der Waals surface area contributed by atoms with Gasteiger partial charge in [0.15, 0.2) is 0 Å². The molecule has 0 spiro atoms. The quantitative estimate of drug-likeness (QED) is 0.161. The monoisotopic (exact) mass is 620 g/mol. The summed E-state index contributed by atoms with van der Waals surface area (Å²) >= 11 is 12.1. The second kappa shape index (κ2) is 14.2. The first-order valence-corrected chi connectivity index (χ1v) is 14.7. The van der Waals surface area contributed by atoms with Gasteiger partial charge < -0.3 is 0 Å². The Morgan fingerprint density at radius 2 is 1.36 bits per heavy atom. The van der Waals surface area contributed by atoms with Gasteiger partial charge in [0.25, 0.3) is 0 Å².